The fourth-order valence-electron chi connectivity index (χ4n) is 8.58. The molecule has 0 amide bonds. The average Bonchev–Trinajstić information content (AvgIpc) is 3.35. The van der Waals surface area contributed by atoms with Gasteiger partial charge < -0.3 is 5.11 Å². The molecule has 168 valence electrons. The van der Waals surface area contributed by atoms with E-state index in [0.29, 0.717) is 23.2 Å². The predicted molar refractivity (Wildman–Crippen MR) is 118 cm³/mol. The lowest BCUT2D eigenvalue weighted by atomic mass is 9.49. The zero-order valence-electron chi connectivity index (χ0n) is 19.3. The van der Waals surface area contributed by atoms with Gasteiger partial charge in [0.1, 0.15) is 12.1 Å². The number of fused-ring (bicyclic) bond motifs is 5. The normalized spacial score (nSPS) is 45.1. The maximum atomic E-state index is 13.6. The predicted octanol–water partition coefficient (Wildman–Crippen LogP) is 4.90. The van der Waals surface area contributed by atoms with Crippen LogP contribution in [-0.2, 0) is 4.79 Å². The van der Waals surface area contributed by atoms with Gasteiger partial charge in [0.05, 0.1) is 17.4 Å². The second-order valence-electron chi connectivity index (χ2n) is 11.7. The van der Waals surface area contributed by atoms with Crippen molar-refractivity contribution in [2.45, 2.75) is 90.2 Å². The Morgan fingerprint density at radius 2 is 1.94 bits per heavy atom. The summed E-state index contributed by atoms with van der Waals surface area (Å²) in [5, 5.41) is 24.0. The molecule has 4 saturated carbocycles. The second-order valence-corrected chi connectivity index (χ2v) is 11.7. The number of hydrogen-bond donors (Lipinski definition) is 1. The average molecular weight is 424 g/mol. The summed E-state index contributed by atoms with van der Waals surface area (Å²) in [5.41, 5.74) is 0.153. The van der Waals surface area contributed by atoms with Crippen molar-refractivity contribution in [3.8, 4) is 6.07 Å². The SMILES string of the molecule is CC(C(=O)[C@H]1CCC2C3CCC4C[C@](C)(O)CCC4C3CCC21C)n1cc(C#N)cn1. The summed E-state index contributed by atoms with van der Waals surface area (Å²) >= 11 is 0. The van der Waals surface area contributed by atoms with Crippen LogP contribution >= 0.6 is 0 Å². The number of rotatable bonds is 3. The van der Waals surface area contributed by atoms with Crippen molar-refractivity contribution in [1.82, 2.24) is 9.78 Å². The standard InChI is InChI=1S/C26H37N3O2/c1-16(29-15-17(13-27)14-28-29)24(30)23-7-6-22-21-5-4-18-12-25(2,31)10-8-19(18)20(21)9-11-26(22,23)3/h14-16,18-23,31H,4-12H2,1-3H3/t16?,18?,19?,20?,21?,22?,23-,25-,26?/m1/s1. The van der Waals surface area contributed by atoms with E-state index in [9.17, 15) is 9.90 Å². The zero-order chi connectivity index (χ0) is 22.0. The molecular weight excluding hydrogens is 386 g/mol. The minimum atomic E-state index is -0.462. The molecule has 31 heavy (non-hydrogen) atoms. The maximum Gasteiger partial charge on any atom is 0.160 e. The van der Waals surface area contributed by atoms with E-state index in [1.54, 1.807) is 17.1 Å². The number of nitrogens with zero attached hydrogens (tertiary/aromatic N) is 3. The molecule has 1 N–H and O–H groups in total. The third-order valence-corrected chi connectivity index (χ3v) is 10.1. The summed E-state index contributed by atoms with van der Waals surface area (Å²) in [5.74, 6) is 4.09. The van der Waals surface area contributed by atoms with Gasteiger partial charge in [0.25, 0.3) is 0 Å². The van der Waals surface area contributed by atoms with Crippen LogP contribution in [0.2, 0.25) is 0 Å². The van der Waals surface area contributed by atoms with Crippen molar-refractivity contribution in [2.75, 3.05) is 0 Å². The molecule has 4 fully saturated rings. The molecule has 1 aromatic rings. The first kappa shape index (κ1) is 21.2. The topological polar surface area (TPSA) is 78.9 Å². The Labute approximate surface area is 186 Å². The lowest BCUT2D eigenvalue weighted by molar-refractivity contribution is -0.135. The Morgan fingerprint density at radius 1 is 1.16 bits per heavy atom. The van der Waals surface area contributed by atoms with Crippen molar-refractivity contribution in [1.29, 1.82) is 5.26 Å². The first-order chi connectivity index (χ1) is 14.7. The molecule has 0 radical (unpaired) electrons. The number of nitriles is 1. The molecule has 1 heterocycles. The minimum Gasteiger partial charge on any atom is -0.390 e. The highest BCUT2D eigenvalue weighted by atomic mass is 16.3. The van der Waals surface area contributed by atoms with Crippen LogP contribution in [0.1, 0.15) is 90.2 Å². The van der Waals surface area contributed by atoms with Gasteiger partial charge >= 0.3 is 0 Å². The van der Waals surface area contributed by atoms with Gasteiger partial charge in [-0.25, -0.2) is 0 Å². The van der Waals surface area contributed by atoms with Crippen LogP contribution in [0.4, 0.5) is 0 Å². The lowest BCUT2D eigenvalue weighted by Crippen LogP contribution is -2.51. The van der Waals surface area contributed by atoms with Crippen LogP contribution in [0.25, 0.3) is 0 Å². The smallest absolute Gasteiger partial charge is 0.160 e. The van der Waals surface area contributed by atoms with Crippen LogP contribution in [0.5, 0.6) is 0 Å². The van der Waals surface area contributed by atoms with Crippen molar-refractivity contribution in [3.63, 3.8) is 0 Å². The van der Waals surface area contributed by atoms with E-state index in [2.05, 4.69) is 18.1 Å². The van der Waals surface area contributed by atoms with Crippen LogP contribution < -0.4 is 0 Å². The van der Waals surface area contributed by atoms with Gasteiger partial charge in [-0.3, -0.25) is 9.48 Å². The fraction of sp³-hybridized carbons (Fsp3) is 0.808. The third-order valence-electron chi connectivity index (χ3n) is 10.1. The maximum absolute atomic E-state index is 13.6. The molecule has 0 aromatic carbocycles. The summed E-state index contributed by atoms with van der Waals surface area (Å²) < 4.78 is 1.68. The Bertz CT molecular complexity index is 899. The molecule has 7 unspecified atom stereocenters. The highest BCUT2D eigenvalue weighted by Crippen LogP contribution is 2.65. The Balaban J connectivity index is 1.33. The number of Topliss-reactive ketones (excluding diaryl/α,β-unsaturated/α-hetero) is 1. The van der Waals surface area contributed by atoms with Gasteiger partial charge in [0.2, 0.25) is 0 Å². The van der Waals surface area contributed by atoms with Crippen molar-refractivity contribution in [2.24, 2.45) is 40.9 Å². The van der Waals surface area contributed by atoms with Gasteiger partial charge in [-0.2, -0.15) is 10.4 Å². The summed E-state index contributed by atoms with van der Waals surface area (Å²) in [7, 11) is 0. The first-order valence-corrected chi connectivity index (χ1v) is 12.4. The molecular formula is C26H37N3O2. The van der Waals surface area contributed by atoms with Gasteiger partial charge in [0.15, 0.2) is 5.78 Å². The Kier molecular flexibility index (Phi) is 5.09. The van der Waals surface area contributed by atoms with Crippen molar-refractivity contribution in [3.05, 3.63) is 18.0 Å². The van der Waals surface area contributed by atoms with Crippen molar-refractivity contribution < 1.29 is 9.90 Å². The first-order valence-electron chi connectivity index (χ1n) is 12.4. The van der Waals surface area contributed by atoms with E-state index in [-0.39, 0.29) is 17.4 Å². The molecule has 4 aliphatic rings. The number of aromatic nitrogens is 2. The largest absolute Gasteiger partial charge is 0.390 e. The molecule has 9 atom stereocenters. The monoisotopic (exact) mass is 423 g/mol. The molecule has 0 saturated heterocycles. The van der Waals surface area contributed by atoms with E-state index in [1.165, 1.54) is 32.1 Å². The summed E-state index contributed by atoms with van der Waals surface area (Å²) in [6, 6.07) is 1.80. The summed E-state index contributed by atoms with van der Waals surface area (Å²) in [6.07, 6.45) is 13.5. The summed E-state index contributed by atoms with van der Waals surface area (Å²) in [4.78, 5) is 13.6. The molecule has 0 bridgehead atoms. The highest BCUT2D eigenvalue weighted by Gasteiger charge is 2.59. The van der Waals surface area contributed by atoms with Crippen LogP contribution in [0, 0.1) is 52.3 Å². The van der Waals surface area contributed by atoms with Crippen molar-refractivity contribution >= 4 is 5.78 Å². The highest BCUT2D eigenvalue weighted by molar-refractivity contribution is 5.85. The molecule has 0 spiro atoms. The molecule has 0 aliphatic heterocycles. The van der Waals surface area contributed by atoms with Crippen LogP contribution in [0.3, 0.4) is 0 Å². The van der Waals surface area contributed by atoms with E-state index in [0.717, 1.165) is 43.4 Å². The quantitative estimate of drug-likeness (QED) is 0.749. The number of carbonyl (C=O) groups excluding carboxylic acids is 1. The third kappa shape index (κ3) is 3.37. The van der Waals surface area contributed by atoms with E-state index in [4.69, 9.17) is 5.26 Å². The number of hydrogen-bond acceptors (Lipinski definition) is 4. The molecule has 4 aliphatic carbocycles. The van der Waals surface area contributed by atoms with Gasteiger partial charge in [0, 0.05) is 12.1 Å². The Hall–Kier alpha value is -1.67. The number of ketones is 1. The molecule has 5 heteroatoms. The van der Waals surface area contributed by atoms with Gasteiger partial charge in [-0.15, -0.1) is 0 Å². The van der Waals surface area contributed by atoms with E-state index < -0.39 is 5.60 Å². The minimum absolute atomic E-state index is 0.102. The van der Waals surface area contributed by atoms with Gasteiger partial charge in [-0.05, 0) is 107 Å². The van der Waals surface area contributed by atoms with Gasteiger partial charge in [-0.1, -0.05) is 6.92 Å². The molecule has 5 nitrogen and oxygen atoms in total. The molecule has 5 rings (SSSR count). The number of carbonyl (C=O) groups is 1. The lowest BCUT2D eigenvalue weighted by Gasteiger charge is -2.57. The molecule has 1 aromatic heterocycles. The zero-order valence-corrected chi connectivity index (χ0v) is 19.3. The number of aliphatic hydroxyl groups is 1. The fourth-order valence-corrected chi connectivity index (χ4v) is 8.58. The van der Waals surface area contributed by atoms with E-state index >= 15 is 0 Å². The second kappa shape index (κ2) is 7.44. The van der Waals surface area contributed by atoms with E-state index in [1.807, 2.05) is 13.8 Å². The Morgan fingerprint density at radius 3 is 2.68 bits per heavy atom. The summed E-state index contributed by atoms with van der Waals surface area (Å²) in [6.45, 7) is 6.37. The van der Waals surface area contributed by atoms with Crippen LogP contribution in [0.15, 0.2) is 12.4 Å². The van der Waals surface area contributed by atoms with Crippen LogP contribution in [-0.4, -0.2) is 26.3 Å².